The first-order chi connectivity index (χ1) is 13.1. The SMILES string of the molecule is CN(C(=O)c1ccc([C@@H]2SCC(=O)N2Cc2ccco2)cc1)C1CCCC1. The van der Waals surface area contributed by atoms with Crippen molar-refractivity contribution in [3.05, 3.63) is 59.5 Å². The van der Waals surface area contributed by atoms with Crippen LogP contribution in [-0.4, -0.2) is 40.5 Å². The van der Waals surface area contributed by atoms with Gasteiger partial charge in [0.1, 0.15) is 11.1 Å². The molecular weight excluding hydrogens is 360 g/mol. The standard InChI is InChI=1S/C21H24N2O3S/c1-22(17-5-2-3-6-17)20(25)15-8-10-16(11-9-15)21-23(19(24)14-27-21)13-18-7-4-12-26-18/h4,7-12,17,21H,2-3,5-6,13-14H2,1H3/t21-/m0/s1. The summed E-state index contributed by atoms with van der Waals surface area (Å²) in [6, 6.07) is 11.8. The van der Waals surface area contributed by atoms with Crippen molar-refractivity contribution in [3.63, 3.8) is 0 Å². The number of rotatable bonds is 5. The van der Waals surface area contributed by atoms with Crippen LogP contribution in [0.2, 0.25) is 0 Å². The van der Waals surface area contributed by atoms with E-state index in [-0.39, 0.29) is 17.2 Å². The van der Waals surface area contributed by atoms with Crippen LogP contribution >= 0.6 is 11.8 Å². The molecule has 1 aromatic heterocycles. The number of carbonyl (C=O) groups excluding carboxylic acids is 2. The molecule has 2 aliphatic rings. The van der Waals surface area contributed by atoms with Crippen molar-refractivity contribution in [2.45, 2.75) is 43.6 Å². The summed E-state index contributed by atoms with van der Waals surface area (Å²) in [5, 5.41) is -0.0423. The van der Waals surface area contributed by atoms with Gasteiger partial charge in [0.2, 0.25) is 5.91 Å². The zero-order valence-corrected chi connectivity index (χ0v) is 16.3. The van der Waals surface area contributed by atoms with Crippen molar-refractivity contribution < 1.29 is 14.0 Å². The highest BCUT2D eigenvalue weighted by Crippen LogP contribution is 2.39. The fraction of sp³-hybridized carbons (Fsp3) is 0.429. The smallest absolute Gasteiger partial charge is 0.253 e. The highest BCUT2D eigenvalue weighted by molar-refractivity contribution is 8.00. The Kier molecular flexibility index (Phi) is 5.25. The second kappa shape index (κ2) is 7.80. The summed E-state index contributed by atoms with van der Waals surface area (Å²) in [5.74, 6) is 1.44. The van der Waals surface area contributed by atoms with E-state index in [0.29, 0.717) is 23.9 Å². The summed E-state index contributed by atoms with van der Waals surface area (Å²) in [6.45, 7) is 0.467. The Labute approximate surface area is 163 Å². The molecule has 1 saturated heterocycles. The van der Waals surface area contributed by atoms with Crippen LogP contribution in [0, 0.1) is 0 Å². The van der Waals surface area contributed by atoms with Crippen LogP contribution in [0.5, 0.6) is 0 Å². The minimum atomic E-state index is -0.0423. The molecule has 0 bridgehead atoms. The lowest BCUT2D eigenvalue weighted by Crippen LogP contribution is -2.35. The van der Waals surface area contributed by atoms with Gasteiger partial charge in [0.05, 0.1) is 18.6 Å². The summed E-state index contributed by atoms with van der Waals surface area (Å²) < 4.78 is 5.40. The van der Waals surface area contributed by atoms with Gasteiger partial charge < -0.3 is 14.2 Å². The van der Waals surface area contributed by atoms with Crippen molar-refractivity contribution in [1.82, 2.24) is 9.80 Å². The van der Waals surface area contributed by atoms with Crippen LogP contribution in [0.1, 0.15) is 52.7 Å². The molecule has 142 valence electrons. The van der Waals surface area contributed by atoms with Gasteiger partial charge in [-0.2, -0.15) is 0 Å². The number of amides is 2. The van der Waals surface area contributed by atoms with Crippen molar-refractivity contribution in [3.8, 4) is 0 Å². The summed E-state index contributed by atoms with van der Waals surface area (Å²) in [7, 11) is 1.91. The Balaban J connectivity index is 1.47. The van der Waals surface area contributed by atoms with E-state index in [2.05, 4.69) is 0 Å². The largest absolute Gasteiger partial charge is 0.467 e. The molecule has 27 heavy (non-hydrogen) atoms. The molecule has 2 heterocycles. The topological polar surface area (TPSA) is 53.8 Å². The first-order valence-electron chi connectivity index (χ1n) is 9.44. The van der Waals surface area contributed by atoms with E-state index in [0.717, 1.165) is 24.2 Å². The molecule has 1 aromatic carbocycles. The molecule has 5 nitrogen and oxygen atoms in total. The van der Waals surface area contributed by atoms with E-state index in [1.807, 2.05) is 53.2 Å². The molecular formula is C21H24N2O3S. The number of nitrogens with zero attached hydrogens (tertiary/aromatic N) is 2. The number of hydrogen-bond acceptors (Lipinski definition) is 4. The van der Waals surface area contributed by atoms with Crippen molar-refractivity contribution in [2.24, 2.45) is 0 Å². The normalized spacial score (nSPS) is 20.4. The minimum Gasteiger partial charge on any atom is -0.467 e. The van der Waals surface area contributed by atoms with Crippen LogP contribution in [0.25, 0.3) is 0 Å². The molecule has 2 fully saturated rings. The van der Waals surface area contributed by atoms with E-state index in [1.165, 1.54) is 12.8 Å². The molecule has 6 heteroatoms. The average Bonchev–Trinajstić information content (AvgIpc) is 3.45. The molecule has 1 atom stereocenters. The lowest BCUT2D eigenvalue weighted by Gasteiger charge is -2.25. The third kappa shape index (κ3) is 3.76. The predicted octanol–water partition coefficient (Wildman–Crippen LogP) is 4.07. The van der Waals surface area contributed by atoms with Crippen LogP contribution in [0.15, 0.2) is 47.1 Å². The number of furan rings is 1. The molecule has 0 spiro atoms. The van der Waals surface area contributed by atoms with Gasteiger partial charge in [-0.3, -0.25) is 9.59 Å². The van der Waals surface area contributed by atoms with Crippen LogP contribution in [0.4, 0.5) is 0 Å². The zero-order chi connectivity index (χ0) is 18.8. The fourth-order valence-corrected chi connectivity index (χ4v) is 5.11. The van der Waals surface area contributed by atoms with Crippen LogP contribution in [-0.2, 0) is 11.3 Å². The molecule has 2 amide bonds. The Morgan fingerprint density at radius 2 is 1.96 bits per heavy atom. The van der Waals surface area contributed by atoms with Gasteiger partial charge in [-0.05, 0) is 42.7 Å². The summed E-state index contributed by atoms with van der Waals surface area (Å²) >= 11 is 1.61. The highest BCUT2D eigenvalue weighted by atomic mass is 32.2. The quantitative estimate of drug-likeness (QED) is 0.780. The van der Waals surface area contributed by atoms with Gasteiger partial charge in [0.25, 0.3) is 5.91 Å². The Morgan fingerprint density at radius 3 is 2.63 bits per heavy atom. The maximum absolute atomic E-state index is 12.7. The van der Waals surface area contributed by atoms with Gasteiger partial charge in [-0.25, -0.2) is 0 Å². The third-order valence-electron chi connectivity index (χ3n) is 5.51. The van der Waals surface area contributed by atoms with Crippen LogP contribution < -0.4 is 0 Å². The van der Waals surface area contributed by atoms with E-state index < -0.39 is 0 Å². The maximum atomic E-state index is 12.7. The lowest BCUT2D eigenvalue weighted by atomic mass is 10.1. The van der Waals surface area contributed by atoms with E-state index in [4.69, 9.17) is 4.42 Å². The van der Waals surface area contributed by atoms with Gasteiger partial charge in [-0.15, -0.1) is 11.8 Å². The average molecular weight is 385 g/mol. The second-order valence-corrected chi connectivity index (χ2v) is 8.31. The van der Waals surface area contributed by atoms with Crippen molar-refractivity contribution >= 4 is 23.6 Å². The molecule has 0 radical (unpaired) electrons. The van der Waals surface area contributed by atoms with Gasteiger partial charge >= 0.3 is 0 Å². The first kappa shape index (κ1) is 18.2. The van der Waals surface area contributed by atoms with E-state index >= 15 is 0 Å². The number of hydrogen-bond donors (Lipinski definition) is 0. The second-order valence-electron chi connectivity index (χ2n) is 7.24. The summed E-state index contributed by atoms with van der Waals surface area (Å²) in [4.78, 5) is 28.8. The maximum Gasteiger partial charge on any atom is 0.253 e. The van der Waals surface area contributed by atoms with E-state index in [9.17, 15) is 9.59 Å². The zero-order valence-electron chi connectivity index (χ0n) is 15.5. The molecule has 4 rings (SSSR count). The van der Waals surface area contributed by atoms with Crippen molar-refractivity contribution in [1.29, 1.82) is 0 Å². The molecule has 1 saturated carbocycles. The monoisotopic (exact) mass is 384 g/mol. The summed E-state index contributed by atoms with van der Waals surface area (Å²) in [6.07, 6.45) is 6.24. The summed E-state index contributed by atoms with van der Waals surface area (Å²) in [5.41, 5.74) is 1.75. The predicted molar refractivity (Wildman–Crippen MR) is 105 cm³/mol. The molecule has 0 N–H and O–H groups in total. The Bertz CT molecular complexity index is 797. The van der Waals surface area contributed by atoms with Crippen LogP contribution in [0.3, 0.4) is 0 Å². The number of thioether (sulfide) groups is 1. The lowest BCUT2D eigenvalue weighted by molar-refractivity contribution is -0.128. The third-order valence-corrected chi connectivity index (χ3v) is 6.77. The minimum absolute atomic E-state index is 0.0423. The fourth-order valence-electron chi connectivity index (χ4n) is 3.92. The van der Waals surface area contributed by atoms with E-state index in [1.54, 1.807) is 18.0 Å². The highest BCUT2D eigenvalue weighted by Gasteiger charge is 2.33. The van der Waals surface area contributed by atoms with Crippen molar-refractivity contribution in [2.75, 3.05) is 12.8 Å². The van der Waals surface area contributed by atoms with Gasteiger partial charge in [-0.1, -0.05) is 25.0 Å². The van der Waals surface area contributed by atoms with Gasteiger partial charge in [0.15, 0.2) is 0 Å². The number of benzene rings is 1. The van der Waals surface area contributed by atoms with Gasteiger partial charge in [0, 0.05) is 18.7 Å². The molecule has 0 unspecified atom stereocenters. The molecule has 1 aliphatic carbocycles. The Hall–Kier alpha value is -2.21. The molecule has 2 aromatic rings. The molecule has 1 aliphatic heterocycles. The first-order valence-corrected chi connectivity index (χ1v) is 10.5. The Morgan fingerprint density at radius 1 is 1.22 bits per heavy atom. The number of carbonyl (C=O) groups is 2.